The Morgan fingerprint density at radius 1 is 0.519 bits per heavy atom. The summed E-state index contributed by atoms with van der Waals surface area (Å²) in [7, 11) is 0. The van der Waals surface area contributed by atoms with Crippen molar-refractivity contribution in [1.29, 1.82) is 0 Å². The molecule has 262 valence electrons. The van der Waals surface area contributed by atoms with Crippen LogP contribution in [-0.4, -0.2) is 42.6 Å². The Morgan fingerprint density at radius 2 is 0.846 bits per heavy atom. The number of aryl methyl sites for hydroxylation is 2. The quantitative estimate of drug-likeness (QED) is 0.180. The Hall–Kier alpha value is -6.30. The number of hydrogen-bond acceptors (Lipinski definition) is 8. The molecule has 0 N–H and O–H groups in total. The van der Waals surface area contributed by atoms with Gasteiger partial charge in [0.2, 0.25) is 23.6 Å². The first kappa shape index (κ1) is 34.2. The summed E-state index contributed by atoms with van der Waals surface area (Å²) in [6, 6.07) is 17.6. The van der Waals surface area contributed by atoms with Crippen LogP contribution in [0.3, 0.4) is 0 Å². The van der Waals surface area contributed by atoms with Crippen LogP contribution < -0.4 is 22.2 Å². The summed E-state index contributed by atoms with van der Waals surface area (Å²) in [6.45, 7) is 6.28. The molecule has 2 atom stereocenters. The van der Waals surface area contributed by atoms with E-state index in [-0.39, 0.29) is 34.4 Å². The van der Waals surface area contributed by atoms with Crippen LogP contribution in [0.4, 0.5) is 0 Å². The molecule has 52 heavy (non-hydrogen) atoms. The Bertz CT molecular complexity index is 2280. The number of nitrogens with zero attached hydrogens (tertiary/aromatic N) is 4. The molecule has 2 saturated heterocycles. The Morgan fingerprint density at radius 3 is 1.15 bits per heavy atom. The number of carbonyl (C=O) groups is 4. The molecule has 2 aliphatic heterocycles. The highest BCUT2D eigenvalue weighted by molar-refractivity contribution is 6.04. The maximum absolute atomic E-state index is 13.5. The molecular formula is C40H34N4O8. The van der Waals surface area contributed by atoms with E-state index in [0.717, 1.165) is 53.3 Å². The van der Waals surface area contributed by atoms with Crippen molar-refractivity contribution in [3.8, 4) is 0 Å². The van der Waals surface area contributed by atoms with Crippen molar-refractivity contribution in [3.05, 3.63) is 137 Å². The van der Waals surface area contributed by atoms with Crippen molar-refractivity contribution in [2.75, 3.05) is 0 Å². The van der Waals surface area contributed by atoms with Crippen molar-refractivity contribution in [2.24, 2.45) is 11.8 Å². The zero-order chi connectivity index (χ0) is 36.8. The molecule has 2 aliphatic rings. The highest BCUT2D eigenvalue weighted by Crippen LogP contribution is 2.27. The zero-order valence-corrected chi connectivity index (χ0v) is 28.2. The number of benzene rings is 3. The summed E-state index contributed by atoms with van der Waals surface area (Å²) in [6.07, 6.45) is 5.27. The van der Waals surface area contributed by atoms with E-state index in [9.17, 15) is 38.4 Å². The molecule has 2 unspecified atom stereocenters. The van der Waals surface area contributed by atoms with Crippen LogP contribution in [0.5, 0.6) is 0 Å². The molecule has 7 rings (SSSR count). The topological polar surface area (TPSA) is 153 Å². The lowest BCUT2D eigenvalue weighted by molar-refractivity contribution is -0.143. The van der Waals surface area contributed by atoms with Crippen LogP contribution in [0.2, 0.25) is 0 Å². The second-order valence-electron chi connectivity index (χ2n) is 13.4. The van der Waals surface area contributed by atoms with Crippen molar-refractivity contribution in [3.63, 3.8) is 0 Å². The molecule has 12 heteroatoms. The minimum absolute atomic E-state index is 0.0491. The predicted octanol–water partition coefficient (Wildman–Crippen LogP) is 3.13. The van der Waals surface area contributed by atoms with E-state index < -0.39 is 71.0 Å². The molecule has 0 spiro atoms. The highest BCUT2D eigenvalue weighted by Gasteiger charge is 2.40. The minimum atomic E-state index is -0.820. The van der Waals surface area contributed by atoms with Gasteiger partial charge in [0.05, 0.1) is 21.5 Å². The minimum Gasteiger partial charge on any atom is -0.274 e. The number of amides is 4. The fourth-order valence-electron chi connectivity index (χ4n) is 7.19. The highest BCUT2D eigenvalue weighted by atomic mass is 16.2. The number of fused-ring (bicyclic) bond motifs is 2. The molecule has 2 fully saturated rings. The van der Waals surface area contributed by atoms with Gasteiger partial charge in [0.25, 0.3) is 22.2 Å². The normalized spacial score (nSPS) is 17.7. The van der Waals surface area contributed by atoms with Crippen LogP contribution in [0.15, 0.2) is 93.0 Å². The first-order chi connectivity index (χ1) is 25.0. The second-order valence-corrected chi connectivity index (χ2v) is 13.4. The van der Waals surface area contributed by atoms with Crippen LogP contribution in [-0.2, 0) is 45.4 Å². The van der Waals surface area contributed by atoms with Crippen molar-refractivity contribution < 1.29 is 19.2 Å². The molecular weight excluding hydrogens is 664 g/mol. The first-order valence-corrected chi connectivity index (χ1v) is 17.0. The average molecular weight is 699 g/mol. The van der Waals surface area contributed by atoms with E-state index in [4.69, 9.17) is 0 Å². The molecule has 3 aromatic carbocycles. The van der Waals surface area contributed by atoms with Crippen LogP contribution in [0.25, 0.3) is 33.7 Å². The fourth-order valence-corrected chi connectivity index (χ4v) is 7.19. The molecule has 0 aliphatic carbocycles. The number of carbonyl (C=O) groups excluding carboxylic acids is 4. The van der Waals surface area contributed by atoms with Gasteiger partial charge in [-0.3, -0.25) is 57.3 Å². The maximum atomic E-state index is 13.5. The smallest absolute Gasteiger partial charge is 0.263 e. The van der Waals surface area contributed by atoms with Gasteiger partial charge in [-0.2, -0.15) is 0 Å². The van der Waals surface area contributed by atoms with Gasteiger partial charge in [-0.1, -0.05) is 73.8 Å². The first-order valence-electron chi connectivity index (χ1n) is 17.0. The van der Waals surface area contributed by atoms with E-state index in [1.165, 1.54) is 0 Å². The van der Waals surface area contributed by atoms with Crippen molar-refractivity contribution in [2.45, 2.75) is 51.9 Å². The van der Waals surface area contributed by atoms with Gasteiger partial charge in [0, 0.05) is 24.7 Å². The molecule has 0 bridgehead atoms. The maximum Gasteiger partial charge on any atom is 0.263 e. The van der Waals surface area contributed by atoms with Gasteiger partial charge >= 0.3 is 0 Å². The number of imide groups is 2. The summed E-state index contributed by atoms with van der Waals surface area (Å²) in [5.74, 6) is -3.19. The molecule has 5 aromatic rings. The second kappa shape index (κ2) is 13.4. The monoisotopic (exact) mass is 698 g/mol. The summed E-state index contributed by atoms with van der Waals surface area (Å²) in [5.41, 5.74) is 0.621. The van der Waals surface area contributed by atoms with E-state index in [2.05, 4.69) is 13.2 Å². The Kier molecular flexibility index (Phi) is 8.83. The SMILES string of the molecule is C=Cc1ccc(CCC2CC(=O)N(Cn3c(=O)c4cc5c(=O)n(CN6C(=O)CC(CCc7ccc(C=C)cc7)C6=O)c(=O)c5cc4c3=O)C2=O)cc1. The predicted molar refractivity (Wildman–Crippen MR) is 195 cm³/mol. The van der Waals surface area contributed by atoms with Gasteiger partial charge in [-0.05, 0) is 60.1 Å². The van der Waals surface area contributed by atoms with E-state index in [1.54, 1.807) is 12.2 Å². The molecule has 4 heterocycles. The molecule has 12 nitrogen and oxygen atoms in total. The van der Waals surface area contributed by atoms with Gasteiger partial charge in [-0.15, -0.1) is 0 Å². The summed E-state index contributed by atoms with van der Waals surface area (Å²) in [5, 5.41) is -0.612. The van der Waals surface area contributed by atoms with Gasteiger partial charge in [-0.25, -0.2) is 0 Å². The lowest BCUT2D eigenvalue weighted by Gasteiger charge is -2.15. The van der Waals surface area contributed by atoms with E-state index in [1.807, 2.05) is 48.5 Å². The number of rotatable bonds is 12. The van der Waals surface area contributed by atoms with Gasteiger partial charge in [0.15, 0.2) is 0 Å². The third-order valence-corrected chi connectivity index (χ3v) is 10.3. The van der Waals surface area contributed by atoms with E-state index in [0.29, 0.717) is 25.7 Å². The fraction of sp³-hybridized carbons (Fsp3) is 0.250. The zero-order valence-electron chi connectivity index (χ0n) is 28.2. The van der Waals surface area contributed by atoms with Crippen molar-refractivity contribution in [1.82, 2.24) is 18.9 Å². The van der Waals surface area contributed by atoms with Crippen LogP contribution in [0, 0.1) is 11.8 Å². The summed E-state index contributed by atoms with van der Waals surface area (Å²) >= 11 is 0. The Labute approximate surface area is 296 Å². The largest absolute Gasteiger partial charge is 0.274 e. The summed E-state index contributed by atoms with van der Waals surface area (Å²) in [4.78, 5) is 108. The summed E-state index contributed by atoms with van der Waals surface area (Å²) < 4.78 is 1.52. The molecule has 0 saturated carbocycles. The number of hydrogen-bond donors (Lipinski definition) is 0. The molecule has 0 radical (unpaired) electrons. The van der Waals surface area contributed by atoms with Gasteiger partial charge in [0.1, 0.15) is 13.3 Å². The molecule has 4 amide bonds. The molecule has 2 aromatic heterocycles. The number of aromatic nitrogens is 2. The number of likely N-dealkylation sites (tertiary alicyclic amines) is 2. The van der Waals surface area contributed by atoms with E-state index >= 15 is 0 Å². The Balaban J connectivity index is 1.08. The standard InChI is InChI=1S/C40H34N4O8/c1-3-23-5-9-25(10-6-23)13-15-27-17-33(45)41(35(27)47)21-43-37(49)29-19-31-32(20-30(29)38(43)50)40(52)44(39(31)51)22-42-34(46)18-28(36(42)48)16-14-26-11-7-24(4-2)8-12-26/h3-12,19-20,27-28H,1-2,13-18,21-22H2. The van der Waals surface area contributed by atoms with Crippen LogP contribution >= 0.6 is 0 Å². The van der Waals surface area contributed by atoms with Crippen molar-refractivity contribution >= 4 is 57.3 Å². The lowest BCUT2D eigenvalue weighted by atomic mass is 9.97. The third kappa shape index (κ3) is 5.95. The lowest BCUT2D eigenvalue weighted by Crippen LogP contribution is -2.39. The average Bonchev–Trinajstić information content (AvgIpc) is 3.76. The van der Waals surface area contributed by atoms with Crippen LogP contribution in [0.1, 0.15) is 47.9 Å². The van der Waals surface area contributed by atoms with Gasteiger partial charge < -0.3 is 0 Å². The third-order valence-electron chi connectivity index (χ3n) is 10.3.